The third-order valence-electron chi connectivity index (χ3n) is 3.73. The average molecular weight is 263 g/mol. The highest BCUT2D eigenvalue weighted by Gasteiger charge is 2.19. The zero-order chi connectivity index (χ0) is 13.7. The normalized spacial score (nSPS) is 20.4. The van der Waals surface area contributed by atoms with Gasteiger partial charge in [0.25, 0.3) is 5.69 Å². The van der Waals surface area contributed by atoms with E-state index in [0.717, 1.165) is 38.2 Å². The van der Waals surface area contributed by atoms with Gasteiger partial charge < -0.3 is 5.73 Å². The van der Waals surface area contributed by atoms with Crippen LogP contribution in [-0.2, 0) is 6.54 Å². The Labute approximate surface area is 113 Å². The first-order valence-electron chi connectivity index (χ1n) is 6.85. The SMILES string of the molecule is NCCC1CCCN(Cc2ccc([N+](=O)[O-])cc2)C1. The van der Waals surface area contributed by atoms with E-state index in [-0.39, 0.29) is 10.6 Å². The predicted molar refractivity (Wildman–Crippen MR) is 74.8 cm³/mol. The van der Waals surface area contributed by atoms with Crippen LogP contribution in [-0.4, -0.2) is 29.5 Å². The summed E-state index contributed by atoms with van der Waals surface area (Å²) in [4.78, 5) is 12.7. The number of nitrogens with two attached hydrogens (primary N) is 1. The molecule has 19 heavy (non-hydrogen) atoms. The molecule has 1 aliphatic heterocycles. The zero-order valence-electron chi connectivity index (χ0n) is 11.1. The van der Waals surface area contributed by atoms with E-state index >= 15 is 0 Å². The number of hydrogen-bond donors (Lipinski definition) is 1. The molecule has 104 valence electrons. The lowest BCUT2D eigenvalue weighted by molar-refractivity contribution is -0.384. The molecule has 1 unspecified atom stereocenters. The maximum absolute atomic E-state index is 10.6. The highest BCUT2D eigenvalue weighted by molar-refractivity contribution is 5.32. The minimum absolute atomic E-state index is 0.156. The molecule has 1 saturated heterocycles. The van der Waals surface area contributed by atoms with Gasteiger partial charge in [-0.05, 0) is 43.8 Å². The number of benzene rings is 1. The summed E-state index contributed by atoms with van der Waals surface area (Å²) in [5, 5.41) is 10.6. The van der Waals surface area contributed by atoms with Crippen LogP contribution in [0.25, 0.3) is 0 Å². The summed E-state index contributed by atoms with van der Waals surface area (Å²) in [7, 11) is 0. The van der Waals surface area contributed by atoms with Gasteiger partial charge in [-0.3, -0.25) is 15.0 Å². The summed E-state index contributed by atoms with van der Waals surface area (Å²) in [6, 6.07) is 6.86. The second-order valence-electron chi connectivity index (χ2n) is 5.24. The van der Waals surface area contributed by atoms with E-state index in [2.05, 4.69) is 4.90 Å². The molecule has 1 heterocycles. The summed E-state index contributed by atoms with van der Waals surface area (Å²) in [6.45, 7) is 3.83. The van der Waals surface area contributed by atoms with E-state index in [1.165, 1.54) is 12.8 Å². The highest BCUT2D eigenvalue weighted by Crippen LogP contribution is 2.21. The van der Waals surface area contributed by atoms with Crippen molar-refractivity contribution in [3.63, 3.8) is 0 Å². The molecule has 1 aliphatic rings. The van der Waals surface area contributed by atoms with Crippen molar-refractivity contribution in [3.8, 4) is 0 Å². The Bertz CT molecular complexity index is 417. The number of nitro benzene ring substituents is 1. The fraction of sp³-hybridized carbons (Fsp3) is 0.571. The van der Waals surface area contributed by atoms with Crippen molar-refractivity contribution in [2.24, 2.45) is 11.7 Å². The molecule has 5 nitrogen and oxygen atoms in total. The standard InChI is InChI=1S/C14H21N3O2/c15-8-7-12-2-1-9-16(10-12)11-13-3-5-14(6-4-13)17(18)19/h3-6,12H,1-2,7-11,15H2. The van der Waals surface area contributed by atoms with Crippen LogP contribution < -0.4 is 5.73 Å². The molecule has 5 heteroatoms. The summed E-state index contributed by atoms with van der Waals surface area (Å²) >= 11 is 0. The average Bonchev–Trinajstić information content (AvgIpc) is 2.40. The Morgan fingerprint density at radius 2 is 2.11 bits per heavy atom. The van der Waals surface area contributed by atoms with E-state index in [9.17, 15) is 10.1 Å². The molecule has 0 saturated carbocycles. The topological polar surface area (TPSA) is 72.4 Å². The summed E-state index contributed by atoms with van der Waals surface area (Å²) in [5.41, 5.74) is 6.91. The molecular formula is C14H21N3O2. The van der Waals surface area contributed by atoms with Crippen LogP contribution in [0.1, 0.15) is 24.8 Å². The van der Waals surface area contributed by atoms with Crippen molar-refractivity contribution >= 4 is 5.69 Å². The molecular weight excluding hydrogens is 242 g/mol. The van der Waals surface area contributed by atoms with Crippen LogP contribution in [0.2, 0.25) is 0 Å². The van der Waals surface area contributed by atoms with Crippen molar-refractivity contribution in [1.29, 1.82) is 0 Å². The molecule has 0 radical (unpaired) electrons. The third kappa shape index (κ3) is 4.01. The lowest BCUT2D eigenvalue weighted by Gasteiger charge is -2.32. The largest absolute Gasteiger partial charge is 0.330 e. The fourth-order valence-electron chi connectivity index (χ4n) is 2.75. The molecule has 1 fully saturated rings. The Kier molecular flexibility index (Phi) is 4.87. The summed E-state index contributed by atoms with van der Waals surface area (Å²) in [6.07, 6.45) is 3.59. The van der Waals surface area contributed by atoms with E-state index in [4.69, 9.17) is 5.73 Å². The molecule has 0 aromatic heterocycles. The highest BCUT2D eigenvalue weighted by atomic mass is 16.6. The number of nitrogens with zero attached hydrogens (tertiary/aromatic N) is 2. The zero-order valence-corrected chi connectivity index (χ0v) is 11.1. The van der Waals surface area contributed by atoms with Crippen LogP contribution in [0, 0.1) is 16.0 Å². The molecule has 1 aromatic carbocycles. The van der Waals surface area contributed by atoms with Gasteiger partial charge in [0, 0.05) is 25.2 Å². The van der Waals surface area contributed by atoms with E-state index in [0.29, 0.717) is 5.92 Å². The van der Waals surface area contributed by atoms with Crippen molar-refractivity contribution < 1.29 is 4.92 Å². The Morgan fingerprint density at radius 3 is 2.74 bits per heavy atom. The summed E-state index contributed by atoms with van der Waals surface area (Å²) < 4.78 is 0. The number of hydrogen-bond acceptors (Lipinski definition) is 4. The fourth-order valence-corrected chi connectivity index (χ4v) is 2.75. The van der Waals surface area contributed by atoms with Crippen molar-refractivity contribution in [2.75, 3.05) is 19.6 Å². The monoisotopic (exact) mass is 263 g/mol. The van der Waals surface area contributed by atoms with Crippen molar-refractivity contribution in [2.45, 2.75) is 25.8 Å². The van der Waals surface area contributed by atoms with E-state index in [1.54, 1.807) is 12.1 Å². The minimum atomic E-state index is -0.359. The number of piperidine rings is 1. The second kappa shape index (κ2) is 6.63. The number of nitro groups is 1. The van der Waals surface area contributed by atoms with Gasteiger partial charge in [-0.15, -0.1) is 0 Å². The van der Waals surface area contributed by atoms with Gasteiger partial charge in [0.2, 0.25) is 0 Å². The first kappa shape index (κ1) is 14.0. The van der Waals surface area contributed by atoms with Gasteiger partial charge in [-0.2, -0.15) is 0 Å². The molecule has 1 atom stereocenters. The molecule has 2 rings (SSSR count). The van der Waals surface area contributed by atoms with Crippen LogP contribution in [0.15, 0.2) is 24.3 Å². The molecule has 0 bridgehead atoms. The predicted octanol–water partition coefficient (Wildman–Crippen LogP) is 2.16. The quantitative estimate of drug-likeness (QED) is 0.652. The minimum Gasteiger partial charge on any atom is -0.330 e. The van der Waals surface area contributed by atoms with Crippen molar-refractivity contribution in [3.05, 3.63) is 39.9 Å². The Balaban J connectivity index is 1.91. The Hall–Kier alpha value is -1.46. The number of non-ortho nitro benzene ring substituents is 1. The lowest BCUT2D eigenvalue weighted by atomic mass is 9.94. The first-order valence-corrected chi connectivity index (χ1v) is 6.85. The Morgan fingerprint density at radius 1 is 1.37 bits per heavy atom. The maximum atomic E-state index is 10.6. The van der Waals surface area contributed by atoms with Crippen LogP contribution in [0.5, 0.6) is 0 Å². The number of likely N-dealkylation sites (tertiary alicyclic amines) is 1. The van der Waals surface area contributed by atoms with E-state index < -0.39 is 0 Å². The molecule has 1 aromatic rings. The van der Waals surface area contributed by atoms with Gasteiger partial charge in [-0.25, -0.2) is 0 Å². The second-order valence-corrected chi connectivity index (χ2v) is 5.24. The molecule has 2 N–H and O–H groups in total. The molecule has 0 spiro atoms. The van der Waals surface area contributed by atoms with Gasteiger partial charge >= 0.3 is 0 Å². The number of rotatable bonds is 5. The van der Waals surface area contributed by atoms with E-state index in [1.807, 2.05) is 12.1 Å². The van der Waals surface area contributed by atoms with Gasteiger partial charge in [-0.1, -0.05) is 12.1 Å². The van der Waals surface area contributed by atoms with Crippen molar-refractivity contribution in [1.82, 2.24) is 4.90 Å². The van der Waals surface area contributed by atoms with Crippen LogP contribution >= 0.6 is 0 Å². The first-order chi connectivity index (χ1) is 9.19. The van der Waals surface area contributed by atoms with Crippen LogP contribution in [0.4, 0.5) is 5.69 Å². The lowest BCUT2D eigenvalue weighted by Crippen LogP contribution is -2.35. The van der Waals surface area contributed by atoms with Crippen LogP contribution in [0.3, 0.4) is 0 Å². The smallest absolute Gasteiger partial charge is 0.269 e. The third-order valence-corrected chi connectivity index (χ3v) is 3.73. The van der Waals surface area contributed by atoms with Gasteiger partial charge in [0.1, 0.15) is 0 Å². The maximum Gasteiger partial charge on any atom is 0.269 e. The summed E-state index contributed by atoms with van der Waals surface area (Å²) in [5.74, 6) is 0.705. The van der Waals surface area contributed by atoms with Gasteiger partial charge in [0.15, 0.2) is 0 Å². The van der Waals surface area contributed by atoms with Gasteiger partial charge in [0.05, 0.1) is 4.92 Å². The molecule has 0 amide bonds. The molecule has 0 aliphatic carbocycles.